The van der Waals surface area contributed by atoms with Gasteiger partial charge < -0.3 is 15.6 Å². The second-order valence-electron chi connectivity index (χ2n) is 7.37. The van der Waals surface area contributed by atoms with Crippen molar-refractivity contribution in [1.82, 2.24) is 15.6 Å². The van der Waals surface area contributed by atoms with E-state index in [1.54, 1.807) is 6.07 Å². The molecule has 3 N–H and O–H groups in total. The van der Waals surface area contributed by atoms with E-state index in [0.717, 1.165) is 28.5 Å². The molecule has 31 heavy (non-hydrogen) atoms. The van der Waals surface area contributed by atoms with Gasteiger partial charge in [0.25, 0.3) is 0 Å². The van der Waals surface area contributed by atoms with Crippen LogP contribution in [0.15, 0.2) is 59.7 Å². The third kappa shape index (κ3) is 7.10. The molecule has 0 atom stereocenters. The molecule has 0 bridgehead atoms. The van der Waals surface area contributed by atoms with Crippen molar-refractivity contribution >= 4 is 26.7 Å². The molecule has 3 rings (SSSR count). The van der Waals surface area contributed by atoms with Crippen LogP contribution in [0.5, 0.6) is 0 Å². The number of halogens is 1. The van der Waals surface area contributed by atoms with Gasteiger partial charge in [0.2, 0.25) is 0 Å². The van der Waals surface area contributed by atoms with Crippen LogP contribution in [0, 0.1) is 5.82 Å². The zero-order valence-corrected chi connectivity index (χ0v) is 18.5. The maximum absolute atomic E-state index is 13.3. The molecule has 0 unspecified atom stereocenters. The first-order valence-electron chi connectivity index (χ1n) is 10.5. The van der Waals surface area contributed by atoms with Gasteiger partial charge in [-0.25, -0.2) is 12.8 Å². The van der Waals surface area contributed by atoms with Crippen LogP contribution in [0.1, 0.15) is 24.5 Å². The van der Waals surface area contributed by atoms with Gasteiger partial charge in [-0.15, -0.1) is 0 Å². The van der Waals surface area contributed by atoms with Crippen molar-refractivity contribution in [2.45, 2.75) is 25.5 Å². The molecule has 0 aliphatic rings. The van der Waals surface area contributed by atoms with Crippen LogP contribution in [0.25, 0.3) is 10.9 Å². The second-order valence-corrected chi connectivity index (χ2v) is 9.56. The molecular formula is C23H29FN4O2S. The van der Waals surface area contributed by atoms with E-state index in [1.165, 1.54) is 12.1 Å². The highest BCUT2D eigenvalue weighted by atomic mass is 32.2. The Morgan fingerprint density at radius 3 is 2.71 bits per heavy atom. The maximum atomic E-state index is 13.3. The Morgan fingerprint density at radius 2 is 1.94 bits per heavy atom. The molecule has 1 aromatic heterocycles. The summed E-state index contributed by atoms with van der Waals surface area (Å²) in [5.41, 5.74) is 2.69. The van der Waals surface area contributed by atoms with Crippen LogP contribution in [-0.4, -0.2) is 44.7 Å². The summed E-state index contributed by atoms with van der Waals surface area (Å²) >= 11 is 0. The molecule has 166 valence electrons. The minimum atomic E-state index is -3.16. The van der Waals surface area contributed by atoms with Gasteiger partial charge in [0.05, 0.1) is 11.5 Å². The highest BCUT2D eigenvalue weighted by Crippen LogP contribution is 2.19. The predicted octanol–water partition coefficient (Wildman–Crippen LogP) is 3.41. The molecule has 0 aliphatic heterocycles. The summed E-state index contributed by atoms with van der Waals surface area (Å²) in [6.07, 6.45) is 3.12. The summed E-state index contributed by atoms with van der Waals surface area (Å²) in [6, 6.07) is 14.0. The molecule has 3 aromatic rings. The minimum absolute atomic E-state index is 0.0599. The number of aromatic amines is 1. The average Bonchev–Trinajstić information content (AvgIpc) is 3.13. The van der Waals surface area contributed by atoms with Crippen LogP contribution in [0.3, 0.4) is 0 Å². The largest absolute Gasteiger partial charge is 0.361 e. The van der Waals surface area contributed by atoms with E-state index in [0.29, 0.717) is 32.0 Å². The Hall–Kier alpha value is -2.87. The summed E-state index contributed by atoms with van der Waals surface area (Å²) in [5, 5.41) is 7.46. The molecule has 1 heterocycles. The normalized spacial score (nSPS) is 12.3. The number of nitrogens with zero attached hydrogens (tertiary/aromatic N) is 1. The van der Waals surface area contributed by atoms with E-state index in [2.05, 4.69) is 20.6 Å². The maximum Gasteiger partial charge on any atom is 0.191 e. The predicted molar refractivity (Wildman–Crippen MR) is 124 cm³/mol. The van der Waals surface area contributed by atoms with Crippen molar-refractivity contribution in [2.24, 2.45) is 4.99 Å². The van der Waals surface area contributed by atoms with E-state index in [1.807, 2.05) is 43.5 Å². The fourth-order valence-corrected chi connectivity index (χ4v) is 4.81. The van der Waals surface area contributed by atoms with Gasteiger partial charge in [0.1, 0.15) is 5.82 Å². The van der Waals surface area contributed by atoms with E-state index < -0.39 is 9.84 Å². The first-order chi connectivity index (χ1) is 15.0. The smallest absolute Gasteiger partial charge is 0.191 e. The number of aromatic nitrogens is 1. The lowest BCUT2D eigenvalue weighted by Gasteiger charge is -2.11. The molecule has 0 saturated carbocycles. The van der Waals surface area contributed by atoms with E-state index in [9.17, 15) is 12.8 Å². The highest BCUT2D eigenvalue weighted by molar-refractivity contribution is 7.90. The number of H-pyrrole nitrogens is 1. The molecule has 0 aliphatic carbocycles. The van der Waals surface area contributed by atoms with Crippen molar-refractivity contribution in [2.75, 3.05) is 25.4 Å². The Kier molecular flexibility index (Phi) is 8.06. The number of sulfone groups is 1. The summed E-state index contributed by atoms with van der Waals surface area (Å²) in [6.45, 7) is 3.78. The Labute approximate surface area is 182 Å². The van der Waals surface area contributed by atoms with Crippen LogP contribution in [-0.2, 0) is 22.0 Å². The van der Waals surface area contributed by atoms with Crippen LogP contribution in [0.2, 0.25) is 0 Å². The first kappa shape index (κ1) is 22.8. The van der Waals surface area contributed by atoms with Crippen LogP contribution < -0.4 is 10.6 Å². The molecule has 0 saturated heterocycles. The lowest BCUT2D eigenvalue weighted by Crippen LogP contribution is -2.38. The van der Waals surface area contributed by atoms with E-state index in [-0.39, 0.29) is 17.3 Å². The molecule has 0 amide bonds. The monoisotopic (exact) mass is 444 g/mol. The number of benzene rings is 2. The SMILES string of the molecule is CCNC(=NCCCS(=O)(=O)Cc1ccccc1)NCCc1c[nH]c2cc(F)ccc12. The minimum Gasteiger partial charge on any atom is -0.361 e. The number of hydrogen-bond acceptors (Lipinski definition) is 3. The lowest BCUT2D eigenvalue weighted by atomic mass is 10.1. The fraction of sp³-hybridized carbons (Fsp3) is 0.348. The van der Waals surface area contributed by atoms with Crippen LogP contribution >= 0.6 is 0 Å². The fourth-order valence-electron chi connectivity index (χ4n) is 3.40. The third-order valence-electron chi connectivity index (χ3n) is 4.87. The van der Waals surface area contributed by atoms with E-state index >= 15 is 0 Å². The summed E-state index contributed by atoms with van der Waals surface area (Å²) in [7, 11) is -3.16. The van der Waals surface area contributed by atoms with Gasteiger partial charge >= 0.3 is 0 Å². The summed E-state index contributed by atoms with van der Waals surface area (Å²) in [4.78, 5) is 7.58. The van der Waals surface area contributed by atoms with Gasteiger partial charge in [0.15, 0.2) is 15.8 Å². The Balaban J connectivity index is 1.47. The standard InChI is InChI=1S/C23H29FN4O2S/c1-2-25-23(26-12-6-14-31(29,30)17-18-7-4-3-5-8-18)27-13-11-19-16-28-22-15-20(24)9-10-21(19)22/h3-5,7-10,15-16,28H,2,6,11-14,17H2,1H3,(H2,25,26,27). The Bertz CT molecular complexity index is 1110. The zero-order chi connectivity index (χ0) is 22.1. The van der Waals surface area contributed by atoms with Crippen LogP contribution in [0.4, 0.5) is 4.39 Å². The molecule has 8 heteroatoms. The van der Waals surface area contributed by atoms with Crippen molar-refractivity contribution in [3.63, 3.8) is 0 Å². The van der Waals surface area contributed by atoms with Gasteiger partial charge in [-0.2, -0.15) is 0 Å². The number of hydrogen-bond donors (Lipinski definition) is 3. The second kappa shape index (κ2) is 10.9. The molecule has 0 spiro atoms. The first-order valence-corrected chi connectivity index (χ1v) is 12.3. The third-order valence-corrected chi connectivity index (χ3v) is 6.56. The van der Waals surface area contributed by atoms with Gasteiger partial charge in [-0.05, 0) is 49.1 Å². The van der Waals surface area contributed by atoms with Crippen molar-refractivity contribution in [3.8, 4) is 0 Å². The molecule has 6 nitrogen and oxygen atoms in total. The number of guanidine groups is 1. The Morgan fingerprint density at radius 1 is 1.13 bits per heavy atom. The lowest BCUT2D eigenvalue weighted by molar-refractivity contribution is 0.592. The number of rotatable bonds is 10. The number of fused-ring (bicyclic) bond motifs is 1. The molecule has 2 aromatic carbocycles. The van der Waals surface area contributed by atoms with E-state index in [4.69, 9.17) is 0 Å². The van der Waals surface area contributed by atoms with Crippen molar-refractivity contribution in [3.05, 3.63) is 71.7 Å². The quantitative estimate of drug-likeness (QED) is 0.254. The topological polar surface area (TPSA) is 86.3 Å². The zero-order valence-electron chi connectivity index (χ0n) is 17.7. The highest BCUT2D eigenvalue weighted by Gasteiger charge is 2.11. The number of aliphatic imine (C=N–C) groups is 1. The van der Waals surface area contributed by atoms with Gasteiger partial charge in [-0.1, -0.05) is 30.3 Å². The average molecular weight is 445 g/mol. The van der Waals surface area contributed by atoms with Crippen molar-refractivity contribution < 1.29 is 12.8 Å². The van der Waals surface area contributed by atoms with Gasteiger partial charge in [0, 0.05) is 36.7 Å². The van der Waals surface area contributed by atoms with Gasteiger partial charge in [-0.3, -0.25) is 4.99 Å². The summed E-state index contributed by atoms with van der Waals surface area (Å²) < 4.78 is 37.9. The number of nitrogens with one attached hydrogen (secondary N) is 3. The van der Waals surface area contributed by atoms with Crippen molar-refractivity contribution in [1.29, 1.82) is 0 Å². The molecule has 0 fully saturated rings. The molecule has 0 radical (unpaired) electrons. The summed E-state index contributed by atoms with van der Waals surface area (Å²) in [5.74, 6) is 0.571. The molecular weight excluding hydrogens is 415 g/mol.